The number of carbonyl (C=O) groups excluding carboxylic acids is 1. The molecule has 0 aliphatic heterocycles. The van der Waals surface area contributed by atoms with E-state index in [0.29, 0.717) is 25.8 Å². The first-order valence-corrected chi connectivity index (χ1v) is 5.85. The minimum absolute atomic E-state index is 0.169. The van der Waals surface area contributed by atoms with E-state index in [1.54, 1.807) is 0 Å². The van der Waals surface area contributed by atoms with E-state index in [4.69, 9.17) is 10.8 Å². The number of nitrogens with one attached hydrogen (secondary N) is 1. The smallest absolute Gasteiger partial charge is 0.329 e. The molecule has 1 amide bonds. The SMILES string of the molecule is NCCCCC(=O)NC1(C(=O)O)CCCC1. The third kappa shape index (κ3) is 3.20. The largest absolute Gasteiger partial charge is 0.480 e. The van der Waals surface area contributed by atoms with Crippen LogP contribution >= 0.6 is 0 Å². The number of hydrogen-bond donors (Lipinski definition) is 3. The number of carboxylic acid groups (broad SMARTS) is 1. The highest BCUT2D eigenvalue weighted by molar-refractivity contribution is 5.87. The summed E-state index contributed by atoms with van der Waals surface area (Å²) in [6, 6.07) is 0. The van der Waals surface area contributed by atoms with Crippen molar-refractivity contribution in [1.82, 2.24) is 5.32 Å². The Morgan fingerprint density at radius 3 is 2.38 bits per heavy atom. The van der Waals surface area contributed by atoms with Crippen LogP contribution in [0.2, 0.25) is 0 Å². The van der Waals surface area contributed by atoms with Gasteiger partial charge in [-0.2, -0.15) is 0 Å². The summed E-state index contributed by atoms with van der Waals surface area (Å²) in [5, 5.41) is 11.8. The van der Waals surface area contributed by atoms with Crippen LogP contribution in [0, 0.1) is 0 Å². The minimum Gasteiger partial charge on any atom is -0.480 e. The highest BCUT2D eigenvalue weighted by Gasteiger charge is 2.42. The lowest BCUT2D eigenvalue weighted by Crippen LogP contribution is -2.52. The molecule has 0 aromatic carbocycles. The number of amides is 1. The Labute approximate surface area is 95.4 Å². The van der Waals surface area contributed by atoms with Crippen LogP contribution in [0.4, 0.5) is 0 Å². The van der Waals surface area contributed by atoms with E-state index in [2.05, 4.69) is 5.32 Å². The number of rotatable bonds is 6. The fourth-order valence-corrected chi connectivity index (χ4v) is 2.13. The molecule has 0 aromatic rings. The Hall–Kier alpha value is -1.10. The summed E-state index contributed by atoms with van der Waals surface area (Å²) >= 11 is 0. The van der Waals surface area contributed by atoms with Crippen LogP contribution in [-0.2, 0) is 9.59 Å². The van der Waals surface area contributed by atoms with Gasteiger partial charge in [-0.25, -0.2) is 4.79 Å². The van der Waals surface area contributed by atoms with E-state index in [-0.39, 0.29) is 5.91 Å². The Balaban J connectivity index is 2.43. The Kier molecular flexibility index (Phi) is 4.73. The maximum Gasteiger partial charge on any atom is 0.329 e. The molecule has 1 saturated carbocycles. The summed E-state index contributed by atoms with van der Waals surface area (Å²) in [6.45, 7) is 0.567. The molecular formula is C11H20N2O3. The highest BCUT2D eigenvalue weighted by Crippen LogP contribution is 2.30. The van der Waals surface area contributed by atoms with Gasteiger partial charge < -0.3 is 16.2 Å². The van der Waals surface area contributed by atoms with Crippen molar-refractivity contribution in [2.24, 2.45) is 5.73 Å². The number of unbranched alkanes of at least 4 members (excludes halogenated alkanes) is 1. The van der Waals surface area contributed by atoms with Crippen LogP contribution in [-0.4, -0.2) is 29.1 Å². The molecule has 92 valence electrons. The zero-order chi connectivity index (χ0) is 12.0. The van der Waals surface area contributed by atoms with Crippen molar-refractivity contribution in [3.63, 3.8) is 0 Å². The quantitative estimate of drug-likeness (QED) is 0.581. The number of carbonyl (C=O) groups is 2. The van der Waals surface area contributed by atoms with E-state index in [0.717, 1.165) is 25.7 Å². The second kappa shape index (κ2) is 5.84. The standard InChI is InChI=1S/C11H20N2O3/c12-8-4-1-5-9(14)13-11(10(15)16)6-2-3-7-11/h1-8,12H2,(H,13,14)(H,15,16). The van der Waals surface area contributed by atoms with E-state index >= 15 is 0 Å². The monoisotopic (exact) mass is 228 g/mol. The van der Waals surface area contributed by atoms with E-state index in [1.165, 1.54) is 0 Å². The van der Waals surface area contributed by atoms with E-state index in [1.807, 2.05) is 0 Å². The lowest BCUT2D eigenvalue weighted by atomic mass is 9.97. The molecule has 0 spiro atoms. The normalized spacial score (nSPS) is 18.3. The van der Waals surface area contributed by atoms with Crippen molar-refractivity contribution in [2.75, 3.05) is 6.54 Å². The molecule has 1 aliphatic carbocycles. The van der Waals surface area contributed by atoms with Crippen LogP contribution in [0.25, 0.3) is 0 Å². The van der Waals surface area contributed by atoms with Gasteiger partial charge in [-0.3, -0.25) is 4.79 Å². The third-order valence-corrected chi connectivity index (χ3v) is 3.10. The molecule has 5 nitrogen and oxygen atoms in total. The summed E-state index contributed by atoms with van der Waals surface area (Å²) in [5.41, 5.74) is 4.33. The first kappa shape index (κ1) is 13.0. The van der Waals surface area contributed by atoms with Crippen LogP contribution in [0.15, 0.2) is 0 Å². The zero-order valence-corrected chi connectivity index (χ0v) is 9.50. The van der Waals surface area contributed by atoms with Gasteiger partial charge in [0.25, 0.3) is 0 Å². The molecule has 0 aromatic heterocycles. The van der Waals surface area contributed by atoms with E-state index in [9.17, 15) is 9.59 Å². The van der Waals surface area contributed by atoms with Crippen LogP contribution in [0.1, 0.15) is 44.9 Å². The van der Waals surface area contributed by atoms with Gasteiger partial charge in [-0.1, -0.05) is 12.8 Å². The van der Waals surface area contributed by atoms with Crippen molar-refractivity contribution in [3.05, 3.63) is 0 Å². The zero-order valence-electron chi connectivity index (χ0n) is 9.50. The van der Waals surface area contributed by atoms with Gasteiger partial charge in [0.05, 0.1) is 0 Å². The Bertz CT molecular complexity index is 260. The van der Waals surface area contributed by atoms with Gasteiger partial charge in [-0.05, 0) is 32.2 Å². The van der Waals surface area contributed by atoms with Crippen molar-refractivity contribution < 1.29 is 14.7 Å². The second-order valence-electron chi connectivity index (χ2n) is 4.39. The molecule has 0 atom stereocenters. The predicted molar refractivity (Wildman–Crippen MR) is 59.9 cm³/mol. The summed E-state index contributed by atoms with van der Waals surface area (Å²) in [5.74, 6) is -1.07. The number of carboxylic acids is 1. The third-order valence-electron chi connectivity index (χ3n) is 3.10. The molecule has 0 unspecified atom stereocenters. The molecule has 1 fully saturated rings. The minimum atomic E-state index is -1.00. The molecule has 0 saturated heterocycles. The van der Waals surface area contributed by atoms with Crippen LogP contribution in [0.3, 0.4) is 0 Å². The summed E-state index contributed by atoms with van der Waals surface area (Å²) < 4.78 is 0. The average molecular weight is 228 g/mol. The molecule has 16 heavy (non-hydrogen) atoms. The topological polar surface area (TPSA) is 92.4 Å². The van der Waals surface area contributed by atoms with Crippen molar-refractivity contribution in [3.8, 4) is 0 Å². The maximum atomic E-state index is 11.6. The van der Waals surface area contributed by atoms with Gasteiger partial charge in [-0.15, -0.1) is 0 Å². The van der Waals surface area contributed by atoms with Gasteiger partial charge in [0, 0.05) is 6.42 Å². The molecule has 5 heteroatoms. The Morgan fingerprint density at radius 2 is 1.88 bits per heavy atom. The lowest BCUT2D eigenvalue weighted by molar-refractivity contribution is -0.147. The fraction of sp³-hybridized carbons (Fsp3) is 0.818. The molecule has 0 radical (unpaired) electrons. The number of aliphatic carboxylic acids is 1. The van der Waals surface area contributed by atoms with Gasteiger partial charge in [0.2, 0.25) is 5.91 Å². The number of hydrogen-bond acceptors (Lipinski definition) is 3. The van der Waals surface area contributed by atoms with Crippen molar-refractivity contribution in [1.29, 1.82) is 0 Å². The average Bonchev–Trinajstić information content (AvgIpc) is 2.68. The maximum absolute atomic E-state index is 11.6. The van der Waals surface area contributed by atoms with Gasteiger partial charge in [0.15, 0.2) is 0 Å². The molecule has 1 aliphatic rings. The van der Waals surface area contributed by atoms with Crippen LogP contribution in [0.5, 0.6) is 0 Å². The van der Waals surface area contributed by atoms with Gasteiger partial charge >= 0.3 is 5.97 Å². The summed E-state index contributed by atoms with van der Waals surface area (Å²) in [7, 11) is 0. The predicted octanol–water partition coefficient (Wildman–Crippen LogP) is 0.629. The van der Waals surface area contributed by atoms with Crippen molar-refractivity contribution in [2.45, 2.75) is 50.5 Å². The summed E-state index contributed by atoms with van der Waals surface area (Å²) in [6.07, 6.45) is 4.72. The Morgan fingerprint density at radius 1 is 1.25 bits per heavy atom. The molecular weight excluding hydrogens is 208 g/mol. The molecule has 4 N–H and O–H groups in total. The first-order chi connectivity index (χ1) is 7.60. The number of nitrogens with two attached hydrogens (primary N) is 1. The molecule has 1 rings (SSSR count). The lowest BCUT2D eigenvalue weighted by Gasteiger charge is -2.25. The summed E-state index contributed by atoms with van der Waals surface area (Å²) in [4.78, 5) is 22.7. The molecule has 0 heterocycles. The second-order valence-corrected chi connectivity index (χ2v) is 4.39. The van der Waals surface area contributed by atoms with E-state index < -0.39 is 11.5 Å². The van der Waals surface area contributed by atoms with Gasteiger partial charge in [0.1, 0.15) is 5.54 Å². The molecule has 0 bridgehead atoms. The fourth-order valence-electron chi connectivity index (χ4n) is 2.13. The van der Waals surface area contributed by atoms with Crippen LogP contribution < -0.4 is 11.1 Å². The highest BCUT2D eigenvalue weighted by atomic mass is 16.4. The first-order valence-electron chi connectivity index (χ1n) is 5.85. The van der Waals surface area contributed by atoms with Crippen molar-refractivity contribution >= 4 is 11.9 Å².